The normalized spacial score (nSPS) is 10.8. The molecule has 0 radical (unpaired) electrons. The molecular weight excluding hydrogens is 424 g/mol. The average Bonchev–Trinajstić information content (AvgIpc) is 2.82. The number of carbonyl (C=O) groups is 1. The predicted molar refractivity (Wildman–Crippen MR) is 125 cm³/mol. The molecule has 33 heavy (non-hydrogen) atoms. The molecule has 0 spiro atoms. The Morgan fingerprint density at radius 2 is 1.79 bits per heavy atom. The largest absolute Gasteiger partial charge is 0.494 e. The number of benzene rings is 3. The molecule has 1 aromatic heterocycles. The number of nitro groups is 1. The second kappa shape index (κ2) is 8.54. The first-order valence-corrected chi connectivity index (χ1v) is 9.93. The van der Waals surface area contributed by atoms with E-state index < -0.39 is 10.9 Å². The maximum atomic E-state index is 11.4. The van der Waals surface area contributed by atoms with Gasteiger partial charge in [0.15, 0.2) is 5.75 Å². The molecule has 4 aromatic rings. The van der Waals surface area contributed by atoms with Crippen molar-refractivity contribution in [1.29, 1.82) is 0 Å². The van der Waals surface area contributed by atoms with Crippen molar-refractivity contribution < 1.29 is 19.6 Å². The summed E-state index contributed by atoms with van der Waals surface area (Å²) in [6.07, 6.45) is 1.67. The number of fused-ring (bicyclic) bond motifs is 1. The number of nitro benzene ring substituents is 1. The van der Waals surface area contributed by atoms with E-state index in [1.807, 2.05) is 20.2 Å². The highest BCUT2D eigenvalue weighted by atomic mass is 16.6. The summed E-state index contributed by atoms with van der Waals surface area (Å²) in [4.78, 5) is 33.0. The molecule has 1 N–H and O–H groups in total. The van der Waals surface area contributed by atoms with Crippen molar-refractivity contribution in [3.05, 3.63) is 76.5 Å². The van der Waals surface area contributed by atoms with Crippen molar-refractivity contribution in [1.82, 2.24) is 9.97 Å². The van der Waals surface area contributed by atoms with Crippen LogP contribution in [0.3, 0.4) is 0 Å². The van der Waals surface area contributed by atoms with E-state index in [1.165, 1.54) is 31.4 Å². The zero-order chi connectivity index (χ0) is 23.7. The third kappa shape index (κ3) is 4.03. The summed E-state index contributed by atoms with van der Waals surface area (Å²) in [7, 11) is 5.18. The monoisotopic (exact) mass is 444 g/mol. The first kappa shape index (κ1) is 21.7. The lowest BCUT2D eigenvalue weighted by Crippen LogP contribution is -2.12. The third-order valence-corrected chi connectivity index (χ3v) is 5.23. The van der Waals surface area contributed by atoms with E-state index in [-0.39, 0.29) is 11.3 Å². The number of hydrogen-bond acceptors (Lipinski definition) is 7. The van der Waals surface area contributed by atoms with Crippen molar-refractivity contribution in [3.8, 4) is 28.0 Å². The quantitative estimate of drug-likeness (QED) is 0.337. The Balaban J connectivity index is 2.05. The van der Waals surface area contributed by atoms with Gasteiger partial charge in [-0.05, 0) is 34.9 Å². The fraction of sp³-hybridized carbons (Fsp3) is 0.125. The lowest BCUT2D eigenvalue weighted by atomic mass is 9.94. The SMILES string of the molecule is COc1c(-c2ccc(C(=O)O)cc2)cc(-c2cccc([N+](=O)[O-])c2)c2cnc(N(C)C)nc12. The van der Waals surface area contributed by atoms with Gasteiger partial charge in [-0.3, -0.25) is 10.1 Å². The summed E-state index contributed by atoms with van der Waals surface area (Å²) in [5, 5.41) is 21.3. The fourth-order valence-electron chi connectivity index (χ4n) is 3.61. The number of ether oxygens (including phenoxy) is 1. The van der Waals surface area contributed by atoms with Crippen LogP contribution < -0.4 is 9.64 Å². The summed E-state index contributed by atoms with van der Waals surface area (Å²) in [6, 6.07) is 14.6. The van der Waals surface area contributed by atoms with Crippen LogP contribution in [0.15, 0.2) is 60.8 Å². The van der Waals surface area contributed by atoms with Crippen LogP contribution in [-0.2, 0) is 0 Å². The molecule has 0 unspecified atom stereocenters. The Hall–Kier alpha value is -4.53. The molecule has 0 aliphatic carbocycles. The standard InChI is InChI=1S/C24H20N4O5/c1-27(2)24-25-13-20-18(16-5-4-6-17(11-16)28(31)32)12-19(22(33-3)21(20)26-24)14-7-9-15(10-8-14)23(29)30/h4-13H,1-3H3,(H,29,30). The number of aromatic carboxylic acids is 1. The molecule has 0 aliphatic rings. The zero-order valence-electron chi connectivity index (χ0n) is 18.1. The maximum Gasteiger partial charge on any atom is 0.335 e. The number of non-ortho nitro benzene ring substituents is 1. The number of hydrogen-bond donors (Lipinski definition) is 1. The average molecular weight is 444 g/mol. The zero-order valence-corrected chi connectivity index (χ0v) is 18.1. The molecule has 166 valence electrons. The third-order valence-electron chi connectivity index (χ3n) is 5.23. The van der Waals surface area contributed by atoms with Gasteiger partial charge in [0.05, 0.1) is 17.6 Å². The minimum absolute atomic E-state index is 0.0327. The van der Waals surface area contributed by atoms with Gasteiger partial charge in [-0.15, -0.1) is 0 Å². The molecule has 9 nitrogen and oxygen atoms in total. The van der Waals surface area contributed by atoms with Gasteiger partial charge in [0.1, 0.15) is 5.52 Å². The highest BCUT2D eigenvalue weighted by Gasteiger charge is 2.20. The van der Waals surface area contributed by atoms with Crippen LogP contribution >= 0.6 is 0 Å². The number of anilines is 1. The number of nitrogens with zero attached hydrogens (tertiary/aromatic N) is 4. The van der Waals surface area contributed by atoms with E-state index in [4.69, 9.17) is 4.74 Å². The summed E-state index contributed by atoms with van der Waals surface area (Å²) in [5.41, 5.74) is 3.38. The summed E-state index contributed by atoms with van der Waals surface area (Å²) in [6.45, 7) is 0. The molecule has 0 saturated carbocycles. The molecule has 0 saturated heterocycles. The molecule has 3 aromatic carbocycles. The van der Waals surface area contributed by atoms with Crippen LogP contribution in [0.1, 0.15) is 10.4 Å². The Morgan fingerprint density at radius 3 is 2.39 bits per heavy atom. The molecule has 4 rings (SSSR count). The van der Waals surface area contributed by atoms with Crippen molar-refractivity contribution in [3.63, 3.8) is 0 Å². The van der Waals surface area contributed by atoms with Crippen LogP contribution in [0, 0.1) is 10.1 Å². The van der Waals surface area contributed by atoms with E-state index in [0.29, 0.717) is 39.3 Å². The first-order valence-electron chi connectivity index (χ1n) is 9.93. The smallest absolute Gasteiger partial charge is 0.335 e. The summed E-state index contributed by atoms with van der Waals surface area (Å²) in [5.74, 6) is -0.0513. The lowest BCUT2D eigenvalue weighted by Gasteiger charge is -2.17. The van der Waals surface area contributed by atoms with Crippen molar-refractivity contribution in [2.45, 2.75) is 0 Å². The minimum Gasteiger partial charge on any atom is -0.494 e. The predicted octanol–water partition coefficient (Wildman–Crippen LogP) is 4.64. The number of aromatic nitrogens is 2. The molecule has 0 atom stereocenters. The van der Waals surface area contributed by atoms with Crippen molar-refractivity contribution in [2.75, 3.05) is 26.1 Å². The molecule has 1 heterocycles. The fourth-order valence-corrected chi connectivity index (χ4v) is 3.61. The van der Waals surface area contributed by atoms with Gasteiger partial charge < -0.3 is 14.7 Å². The topological polar surface area (TPSA) is 119 Å². The van der Waals surface area contributed by atoms with E-state index in [9.17, 15) is 20.0 Å². The number of carboxylic acids is 1. The van der Waals surface area contributed by atoms with E-state index in [0.717, 1.165) is 5.56 Å². The molecule has 9 heteroatoms. The van der Waals surface area contributed by atoms with Crippen LogP contribution in [0.4, 0.5) is 11.6 Å². The Labute approximate surface area is 189 Å². The first-order chi connectivity index (χ1) is 15.8. The number of rotatable bonds is 6. The van der Waals surface area contributed by atoms with Gasteiger partial charge in [0.25, 0.3) is 5.69 Å². The van der Waals surface area contributed by atoms with Crippen LogP contribution in [0.2, 0.25) is 0 Å². The van der Waals surface area contributed by atoms with E-state index in [2.05, 4.69) is 9.97 Å². The Morgan fingerprint density at radius 1 is 1.06 bits per heavy atom. The van der Waals surface area contributed by atoms with Gasteiger partial charge in [-0.25, -0.2) is 14.8 Å². The number of methoxy groups -OCH3 is 1. The summed E-state index contributed by atoms with van der Waals surface area (Å²) >= 11 is 0. The van der Waals surface area contributed by atoms with E-state index >= 15 is 0 Å². The molecule has 0 aliphatic heterocycles. The van der Waals surface area contributed by atoms with Gasteiger partial charge in [0.2, 0.25) is 5.95 Å². The molecule has 0 fully saturated rings. The van der Waals surface area contributed by atoms with Crippen LogP contribution in [-0.4, -0.2) is 47.2 Å². The van der Waals surface area contributed by atoms with Crippen LogP contribution in [0.25, 0.3) is 33.2 Å². The highest BCUT2D eigenvalue weighted by Crippen LogP contribution is 2.42. The number of carboxylic acid groups (broad SMARTS) is 1. The lowest BCUT2D eigenvalue weighted by molar-refractivity contribution is -0.384. The molecule has 0 amide bonds. The maximum absolute atomic E-state index is 11.4. The molecular formula is C24H20N4O5. The van der Waals surface area contributed by atoms with Crippen LogP contribution in [0.5, 0.6) is 5.75 Å². The summed E-state index contributed by atoms with van der Waals surface area (Å²) < 4.78 is 5.74. The second-order valence-corrected chi connectivity index (χ2v) is 7.52. The highest BCUT2D eigenvalue weighted by molar-refractivity contribution is 6.03. The van der Waals surface area contributed by atoms with Crippen molar-refractivity contribution >= 4 is 28.5 Å². The Kier molecular flexibility index (Phi) is 5.61. The van der Waals surface area contributed by atoms with Gasteiger partial charge in [-0.2, -0.15) is 0 Å². The minimum atomic E-state index is -1.02. The second-order valence-electron chi connectivity index (χ2n) is 7.52. The van der Waals surface area contributed by atoms with Gasteiger partial charge in [-0.1, -0.05) is 24.3 Å². The van der Waals surface area contributed by atoms with Gasteiger partial charge >= 0.3 is 5.97 Å². The van der Waals surface area contributed by atoms with Gasteiger partial charge in [0, 0.05) is 43.4 Å². The Bertz CT molecular complexity index is 1380. The molecule has 0 bridgehead atoms. The van der Waals surface area contributed by atoms with Crippen molar-refractivity contribution in [2.24, 2.45) is 0 Å². The van der Waals surface area contributed by atoms with E-state index in [1.54, 1.807) is 35.4 Å².